The molecule has 0 aromatic carbocycles. The minimum absolute atomic E-state index is 0.0389. The van der Waals surface area contributed by atoms with Crippen LogP contribution in [0, 0.1) is 0 Å². The molecule has 0 heterocycles. The predicted molar refractivity (Wildman–Crippen MR) is 228 cm³/mol. The lowest BCUT2D eigenvalue weighted by Gasteiger charge is -2.43. The zero-order valence-electron chi connectivity index (χ0n) is 36.9. The Kier molecular flexibility index (Phi) is 32.2. The molecule has 1 aliphatic carbocycles. The van der Waals surface area contributed by atoms with Gasteiger partial charge in [-0.1, -0.05) is 142 Å². The molecule has 0 aromatic rings. The molecule has 1 rings (SSSR count). The number of phosphoric ester groups is 2. The molecule has 17 nitrogen and oxygen atoms in total. The maximum Gasteiger partial charge on any atom is 0.472 e. The first-order valence-corrected chi connectivity index (χ1v) is 26.0. The lowest BCUT2D eigenvalue weighted by molar-refractivity contribution is -0.216. The number of ketones is 1. The second-order valence-corrected chi connectivity index (χ2v) is 19.1. The summed E-state index contributed by atoms with van der Waals surface area (Å²) in [6, 6.07) is 0. The SMILES string of the molecule is CCCCCCCCCCCCCCCC(=O)O[C@H](COC(=O)CCCCCCCCCCCCC(=O)CCC)COP(=O)(O)OC1C(O)[C@@H](OP(=O)(O)O)C(O)[C@@H](O)[C@H]1O. The van der Waals surface area contributed by atoms with Gasteiger partial charge < -0.3 is 44.6 Å². The molecule has 61 heavy (non-hydrogen) atoms. The predicted octanol–water partition coefficient (Wildman–Crippen LogP) is 7.41. The highest BCUT2D eigenvalue weighted by atomic mass is 31.2. The van der Waals surface area contributed by atoms with Gasteiger partial charge in [0.05, 0.1) is 6.61 Å². The number of unbranched alkanes of at least 4 members (excludes halogenated alkanes) is 21. The lowest BCUT2D eigenvalue weighted by atomic mass is 9.85. The largest absolute Gasteiger partial charge is 0.472 e. The van der Waals surface area contributed by atoms with Crippen LogP contribution in [0.3, 0.4) is 0 Å². The summed E-state index contributed by atoms with van der Waals surface area (Å²) in [5, 5.41) is 41.2. The number of hydrogen-bond donors (Lipinski definition) is 7. The maximum atomic E-state index is 13.0. The van der Waals surface area contributed by atoms with Crippen molar-refractivity contribution in [2.45, 2.75) is 236 Å². The smallest absolute Gasteiger partial charge is 0.462 e. The van der Waals surface area contributed by atoms with Gasteiger partial charge in [-0.15, -0.1) is 0 Å². The number of rotatable bonds is 39. The van der Waals surface area contributed by atoms with Gasteiger partial charge in [-0.05, 0) is 25.7 Å². The van der Waals surface area contributed by atoms with Crippen molar-refractivity contribution < 1.29 is 81.7 Å². The third-order valence-corrected chi connectivity index (χ3v) is 12.3. The number of phosphoric acid groups is 2. The Hall–Kier alpha value is -1.33. The minimum atomic E-state index is -5.36. The van der Waals surface area contributed by atoms with Crippen LogP contribution in [0.2, 0.25) is 0 Å². The molecule has 0 aromatic heterocycles. The summed E-state index contributed by atoms with van der Waals surface area (Å²) in [7, 11) is -10.7. The van der Waals surface area contributed by atoms with Crippen molar-refractivity contribution >= 4 is 33.4 Å². The van der Waals surface area contributed by atoms with Gasteiger partial charge in [0.1, 0.15) is 49.0 Å². The van der Waals surface area contributed by atoms with Gasteiger partial charge in [-0.25, -0.2) is 9.13 Å². The summed E-state index contributed by atoms with van der Waals surface area (Å²) in [4.78, 5) is 65.8. The molecule has 1 aliphatic rings. The molecule has 0 spiro atoms. The Bertz CT molecular complexity index is 1270. The molecule has 1 fully saturated rings. The number of carbonyl (C=O) groups is 3. The van der Waals surface area contributed by atoms with Crippen molar-refractivity contribution in [3.63, 3.8) is 0 Å². The Morgan fingerprint density at radius 3 is 1.33 bits per heavy atom. The highest BCUT2D eigenvalue weighted by Crippen LogP contribution is 2.49. The quantitative estimate of drug-likeness (QED) is 0.0180. The van der Waals surface area contributed by atoms with Crippen molar-refractivity contribution in [2.75, 3.05) is 13.2 Å². The van der Waals surface area contributed by atoms with Crippen LogP contribution in [0.4, 0.5) is 0 Å². The number of esters is 2. The normalized spacial score (nSPS) is 22.1. The molecule has 0 radical (unpaired) electrons. The molecular formula is C42H80O17P2. The average Bonchev–Trinajstić information content (AvgIpc) is 3.20. The van der Waals surface area contributed by atoms with Gasteiger partial charge in [-0.2, -0.15) is 0 Å². The standard InChI is InChI=1S/C42H80O17P2/c1-3-5-6-7-8-9-10-11-12-17-20-23-26-30-36(45)57-34(31-55-35(44)29-25-22-19-16-14-13-15-18-21-24-28-33(43)27-4-2)32-56-61(53,54)59-42-39(48)37(46)38(47)41(40(42)49)58-60(50,51)52/h34,37-42,46-49H,3-32H2,1-2H3,(H,53,54)(H2,50,51,52)/t34-,37-,38?,39-,40?,41+,42?/m1/s1. The van der Waals surface area contributed by atoms with E-state index in [1.165, 1.54) is 51.4 Å². The number of aliphatic hydroxyl groups excluding tert-OH is 4. The first-order valence-electron chi connectivity index (χ1n) is 23.0. The molecular weight excluding hydrogens is 838 g/mol. The molecule has 7 N–H and O–H groups in total. The van der Waals surface area contributed by atoms with E-state index in [1.54, 1.807) is 0 Å². The van der Waals surface area contributed by atoms with Gasteiger partial charge >= 0.3 is 27.6 Å². The molecule has 0 aliphatic heterocycles. The van der Waals surface area contributed by atoms with E-state index in [1.807, 2.05) is 6.92 Å². The maximum absolute atomic E-state index is 13.0. The average molecular weight is 919 g/mol. The molecule has 8 atom stereocenters. The molecule has 19 heteroatoms. The van der Waals surface area contributed by atoms with Crippen molar-refractivity contribution in [2.24, 2.45) is 0 Å². The number of aliphatic hydroxyl groups is 4. The highest BCUT2D eigenvalue weighted by molar-refractivity contribution is 7.47. The summed E-state index contributed by atoms with van der Waals surface area (Å²) >= 11 is 0. The summed E-state index contributed by atoms with van der Waals surface area (Å²) in [5.41, 5.74) is 0. The highest BCUT2D eigenvalue weighted by Gasteiger charge is 2.54. The van der Waals surface area contributed by atoms with Gasteiger partial charge in [0.15, 0.2) is 6.10 Å². The second kappa shape index (κ2) is 34.1. The minimum Gasteiger partial charge on any atom is -0.462 e. The van der Waals surface area contributed by atoms with E-state index in [2.05, 4.69) is 11.4 Å². The Morgan fingerprint density at radius 2 is 0.885 bits per heavy atom. The number of ether oxygens (including phenoxy) is 2. The Balaban J connectivity index is 2.60. The van der Waals surface area contributed by atoms with Crippen molar-refractivity contribution in [1.82, 2.24) is 0 Å². The number of carbonyl (C=O) groups excluding carboxylic acids is 3. The zero-order chi connectivity index (χ0) is 45.5. The van der Waals surface area contributed by atoms with E-state index in [-0.39, 0.29) is 12.8 Å². The van der Waals surface area contributed by atoms with E-state index < -0.39 is 83.5 Å². The third kappa shape index (κ3) is 29.0. The van der Waals surface area contributed by atoms with Crippen LogP contribution < -0.4 is 0 Å². The fourth-order valence-electron chi connectivity index (χ4n) is 7.27. The zero-order valence-corrected chi connectivity index (χ0v) is 38.7. The number of Topliss-reactive ketones (excluding diaryl/α,β-unsaturated/α-hetero) is 1. The van der Waals surface area contributed by atoms with Crippen LogP contribution in [0.25, 0.3) is 0 Å². The molecule has 360 valence electrons. The molecule has 1 saturated carbocycles. The second-order valence-electron chi connectivity index (χ2n) is 16.5. The summed E-state index contributed by atoms with van der Waals surface area (Å²) in [5.74, 6) is -0.882. The van der Waals surface area contributed by atoms with Crippen LogP contribution in [0.5, 0.6) is 0 Å². The van der Waals surface area contributed by atoms with Crippen molar-refractivity contribution in [3.8, 4) is 0 Å². The van der Waals surface area contributed by atoms with E-state index >= 15 is 0 Å². The Morgan fingerprint density at radius 1 is 0.475 bits per heavy atom. The van der Waals surface area contributed by atoms with E-state index in [9.17, 15) is 48.8 Å². The van der Waals surface area contributed by atoms with Gasteiger partial charge in [0.25, 0.3) is 0 Å². The molecule has 0 saturated heterocycles. The molecule has 0 bridgehead atoms. The summed E-state index contributed by atoms with van der Waals surface area (Å²) < 4.78 is 49.3. The van der Waals surface area contributed by atoms with Crippen molar-refractivity contribution in [1.29, 1.82) is 0 Å². The van der Waals surface area contributed by atoms with Crippen LogP contribution in [0.15, 0.2) is 0 Å². The van der Waals surface area contributed by atoms with Crippen LogP contribution in [0.1, 0.15) is 194 Å². The third-order valence-electron chi connectivity index (χ3n) is 10.8. The lowest BCUT2D eigenvalue weighted by Crippen LogP contribution is -2.64. The first-order chi connectivity index (χ1) is 29.0. The van der Waals surface area contributed by atoms with Crippen LogP contribution >= 0.6 is 15.6 Å². The van der Waals surface area contributed by atoms with E-state index in [4.69, 9.17) is 28.3 Å². The number of hydrogen-bond acceptors (Lipinski definition) is 14. The van der Waals surface area contributed by atoms with Crippen LogP contribution in [-0.2, 0) is 46.6 Å². The monoisotopic (exact) mass is 918 g/mol. The fraction of sp³-hybridized carbons (Fsp3) is 0.929. The molecule has 0 amide bonds. The fourth-order valence-corrected chi connectivity index (χ4v) is 8.81. The van der Waals surface area contributed by atoms with E-state index in [0.717, 1.165) is 89.9 Å². The van der Waals surface area contributed by atoms with Crippen molar-refractivity contribution in [3.05, 3.63) is 0 Å². The van der Waals surface area contributed by atoms with Gasteiger partial charge in [0, 0.05) is 25.7 Å². The first kappa shape index (κ1) is 57.7. The molecule has 4 unspecified atom stereocenters. The summed E-state index contributed by atoms with van der Waals surface area (Å²) in [6.45, 7) is 2.86. The summed E-state index contributed by atoms with van der Waals surface area (Å²) in [6.07, 6.45) is 12.0. The topological polar surface area (TPSA) is 273 Å². The van der Waals surface area contributed by atoms with Gasteiger partial charge in [-0.3, -0.25) is 28.0 Å². The van der Waals surface area contributed by atoms with Crippen LogP contribution in [-0.4, -0.2) is 109 Å². The Labute approximate surface area is 363 Å². The van der Waals surface area contributed by atoms with Gasteiger partial charge in [0.2, 0.25) is 0 Å². The van der Waals surface area contributed by atoms with E-state index in [0.29, 0.717) is 31.5 Å².